The number of unbranched alkanes of at least 4 members (excludes halogenated alkanes) is 2. The zero-order chi connectivity index (χ0) is 34.0. The average molecular weight is 654 g/mol. The zero-order valence-electron chi connectivity index (χ0n) is 25.4. The molecule has 0 unspecified atom stereocenters. The molecule has 0 spiro atoms. The Bertz CT molecular complexity index is 1670. The van der Waals surface area contributed by atoms with E-state index in [0.29, 0.717) is 46.7 Å². The van der Waals surface area contributed by atoms with Crippen LogP contribution in [0.4, 0.5) is 33.3 Å². The number of carbonyl (C=O) groups excluding carboxylic acids is 1. The Balaban J connectivity index is 1.27. The maximum absolute atomic E-state index is 14.8. The zero-order valence-corrected chi connectivity index (χ0v) is 25.4. The highest BCUT2D eigenvalue weighted by Gasteiger charge is 2.34. The molecule has 4 aromatic rings. The van der Waals surface area contributed by atoms with Crippen molar-refractivity contribution in [3.05, 3.63) is 120 Å². The van der Waals surface area contributed by atoms with E-state index in [-0.39, 0.29) is 25.4 Å². The van der Waals surface area contributed by atoms with Crippen LogP contribution in [0, 0.1) is 6.92 Å². The molecule has 0 aliphatic carbocycles. The van der Waals surface area contributed by atoms with Crippen molar-refractivity contribution in [2.75, 3.05) is 18.1 Å². The average Bonchev–Trinajstić information content (AvgIpc) is 3.01. The number of hydrogen-bond acceptors (Lipinski definition) is 6. The van der Waals surface area contributed by atoms with E-state index in [2.05, 4.69) is 6.92 Å². The number of benzene rings is 4. The number of alkyl halides is 5. The van der Waals surface area contributed by atoms with E-state index in [1.54, 1.807) is 24.3 Å². The van der Waals surface area contributed by atoms with Gasteiger partial charge in [0.15, 0.2) is 0 Å². The van der Waals surface area contributed by atoms with E-state index in [4.69, 9.17) is 25.7 Å². The standard InChI is InChI=1S/C36H34F5N2O4/c1-24-21-28(42)10-16-32(24)33-17-11-29(43)22-26(33)23-46-34(44)18-7-25-5-8-27(9-6-25)36(40,41)47-31-14-12-30(13-15-31)45-20-4-2-3-19-35(37,38)39/h5-18,21-22H,1-4,19-20,23,42-43H2/b18-7+. The van der Waals surface area contributed by atoms with Crippen molar-refractivity contribution in [3.63, 3.8) is 0 Å². The van der Waals surface area contributed by atoms with E-state index >= 15 is 0 Å². The molecule has 0 aliphatic heterocycles. The van der Waals surface area contributed by atoms with E-state index in [9.17, 15) is 26.7 Å². The summed E-state index contributed by atoms with van der Waals surface area (Å²) in [5.41, 5.74) is 15.9. The molecule has 4 rings (SSSR count). The van der Waals surface area contributed by atoms with Gasteiger partial charge in [0, 0.05) is 23.9 Å². The van der Waals surface area contributed by atoms with Crippen LogP contribution < -0.4 is 20.9 Å². The summed E-state index contributed by atoms with van der Waals surface area (Å²) in [4.78, 5) is 12.5. The summed E-state index contributed by atoms with van der Waals surface area (Å²) >= 11 is 0. The Kier molecular flexibility index (Phi) is 11.5. The highest BCUT2D eigenvalue weighted by molar-refractivity contribution is 5.87. The molecular formula is C36H34F5N2O4. The monoisotopic (exact) mass is 653 g/mol. The molecular weight excluding hydrogens is 619 g/mol. The lowest BCUT2D eigenvalue weighted by Gasteiger charge is -2.18. The molecule has 47 heavy (non-hydrogen) atoms. The number of nitrogens with two attached hydrogens (primary N) is 2. The minimum absolute atomic E-state index is 0.0228. The van der Waals surface area contributed by atoms with E-state index in [0.717, 1.165) is 11.1 Å². The Labute approximate surface area is 269 Å². The lowest BCUT2D eigenvalue weighted by atomic mass is 9.95. The Morgan fingerprint density at radius 2 is 1.40 bits per heavy atom. The van der Waals surface area contributed by atoms with Crippen LogP contribution in [0.15, 0.2) is 91.0 Å². The summed E-state index contributed by atoms with van der Waals surface area (Å²) < 4.78 is 82.0. The molecule has 0 atom stereocenters. The highest BCUT2D eigenvalue weighted by atomic mass is 19.4. The molecule has 0 saturated carbocycles. The Hall–Kier alpha value is -5.06. The summed E-state index contributed by atoms with van der Waals surface area (Å²) in [6, 6.07) is 21.3. The van der Waals surface area contributed by atoms with Crippen LogP contribution in [-0.2, 0) is 22.2 Å². The van der Waals surface area contributed by atoms with Crippen molar-refractivity contribution >= 4 is 23.4 Å². The SMILES string of the molecule is [CH2]c1cc(N)ccc1-c1ccc(N)cc1COC(=O)/C=C/c1ccc(C(F)(F)Oc2ccc(OCCCCCC(F)(F)F)cc2)cc1. The van der Waals surface area contributed by atoms with Gasteiger partial charge >= 0.3 is 18.3 Å². The van der Waals surface area contributed by atoms with E-state index < -0.39 is 30.2 Å². The number of rotatable bonds is 14. The van der Waals surface area contributed by atoms with Crippen LogP contribution in [0.1, 0.15) is 47.9 Å². The number of nitrogen functional groups attached to an aromatic ring is 2. The first-order valence-electron chi connectivity index (χ1n) is 14.7. The van der Waals surface area contributed by atoms with Gasteiger partial charge in [-0.3, -0.25) is 0 Å². The summed E-state index contributed by atoms with van der Waals surface area (Å²) in [5, 5.41) is 0. The molecule has 4 aromatic carbocycles. The molecule has 247 valence electrons. The lowest BCUT2D eigenvalue weighted by molar-refractivity contribution is -0.185. The topological polar surface area (TPSA) is 96.8 Å². The van der Waals surface area contributed by atoms with Crippen LogP contribution in [0.2, 0.25) is 0 Å². The predicted octanol–water partition coefficient (Wildman–Crippen LogP) is 9.09. The van der Waals surface area contributed by atoms with Gasteiger partial charge in [-0.25, -0.2) is 4.79 Å². The Morgan fingerprint density at radius 3 is 2.06 bits per heavy atom. The molecule has 0 aliphatic rings. The van der Waals surface area contributed by atoms with Crippen LogP contribution in [0.5, 0.6) is 11.5 Å². The lowest BCUT2D eigenvalue weighted by Crippen LogP contribution is -2.21. The van der Waals surface area contributed by atoms with Gasteiger partial charge in [0.05, 0.1) is 12.2 Å². The quantitative estimate of drug-likeness (QED) is 0.0463. The molecule has 0 saturated heterocycles. The first-order valence-corrected chi connectivity index (χ1v) is 14.7. The highest BCUT2D eigenvalue weighted by Crippen LogP contribution is 2.33. The van der Waals surface area contributed by atoms with Gasteiger partial charge in [0.25, 0.3) is 0 Å². The minimum Gasteiger partial charge on any atom is -0.494 e. The second kappa shape index (κ2) is 15.5. The molecule has 11 heteroatoms. The third-order valence-electron chi connectivity index (χ3n) is 7.02. The minimum atomic E-state index is -4.17. The number of halogens is 5. The van der Waals surface area contributed by atoms with Crippen LogP contribution >= 0.6 is 0 Å². The molecule has 4 N–H and O–H groups in total. The summed E-state index contributed by atoms with van der Waals surface area (Å²) in [7, 11) is 0. The van der Waals surface area contributed by atoms with Crippen LogP contribution in [-0.4, -0.2) is 18.8 Å². The molecule has 0 amide bonds. The smallest absolute Gasteiger partial charge is 0.426 e. The summed E-state index contributed by atoms with van der Waals surface area (Å²) in [6.07, 6.45) is -5.21. The number of hydrogen-bond donors (Lipinski definition) is 2. The Morgan fingerprint density at radius 1 is 0.766 bits per heavy atom. The molecule has 1 radical (unpaired) electrons. The first-order chi connectivity index (χ1) is 22.3. The van der Waals surface area contributed by atoms with Crippen molar-refractivity contribution in [1.82, 2.24) is 0 Å². The van der Waals surface area contributed by atoms with Crippen molar-refractivity contribution in [2.24, 2.45) is 0 Å². The number of anilines is 2. The number of ether oxygens (including phenoxy) is 3. The summed E-state index contributed by atoms with van der Waals surface area (Å²) in [5.74, 6) is -0.365. The van der Waals surface area contributed by atoms with Gasteiger partial charge in [0.1, 0.15) is 18.1 Å². The molecule has 0 bridgehead atoms. The van der Waals surface area contributed by atoms with Gasteiger partial charge in [-0.2, -0.15) is 22.0 Å². The molecule has 0 aromatic heterocycles. The fourth-order valence-electron chi connectivity index (χ4n) is 4.63. The van der Waals surface area contributed by atoms with Gasteiger partial charge < -0.3 is 25.7 Å². The first kappa shape index (κ1) is 34.8. The molecule has 0 heterocycles. The van der Waals surface area contributed by atoms with Crippen molar-refractivity contribution in [2.45, 2.75) is 44.6 Å². The number of esters is 1. The van der Waals surface area contributed by atoms with E-state index in [1.165, 1.54) is 60.7 Å². The normalized spacial score (nSPS) is 11.9. The maximum Gasteiger partial charge on any atom is 0.426 e. The second-order valence-electron chi connectivity index (χ2n) is 10.8. The van der Waals surface area contributed by atoms with Gasteiger partial charge in [-0.15, -0.1) is 0 Å². The van der Waals surface area contributed by atoms with Gasteiger partial charge in [-0.05, 0) is 121 Å². The predicted molar refractivity (Wildman–Crippen MR) is 171 cm³/mol. The molecule has 0 fully saturated rings. The number of carbonyl (C=O) groups is 1. The maximum atomic E-state index is 14.8. The van der Waals surface area contributed by atoms with Gasteiger partial charge in [-0.1, -0.05) is 24.3 Å². The van der Waals surface area contributed by atoms with E-state index in [1.807, 2.05) is 12.1 Å². The van der Waals surface area contributed by atoms with Crippen molar-refractivity contribution in [3.8, 4) is 22.6 Å². The third kappa shape index (κ3) is 10.8. The largest absolute Gasteiger partial charge is 0.494 e. The van der Waals surface area contributed by atoms with Gasteiger partial charge in [0.2, 0.25) is 0 Å². The van der Waals surface area contributed by atoms with Crippen molar-refractivity contribution < 1.29 is 41.0 Å². The third-order valence-corrected chi connectivity index (χ3v) is 7.02. The molecule has 6 nitrogen and oxygen atoms in total. The fraction of sp³-hybridized carbons (Fsp3) is 0.222. The second-order valence-corrected chi connectivity index (χ2v) is 10.8. The fourth-order valence-corrected chi connectivity index (χ4v) is 4.63. The van der Waals surface area contributed by atoms with Crippen LogP contribution in [0.3, 0.4) is 0 Å². The summed E-state index contributed by atoms with van der Waals surface area (Å²) in [6.45, 7) is 4.18. The van der Waals surface area contributed by atoms with Crippen LogP contribution in [0.25, 0.3) is 17.2 Å². The van der Waals surface area contributed by atoms with Crippen molar-refractivity contribution in [1.29, 1.82) is 0 Å².